The minimum Gasteiger partial charge on any atom is -0.381 e. The van der Waals surface area contributed by atoms with E-state index in [-0.39, 0.29) is 5.91 Å². The molecule has 0 atom stereocenters. The number of thioether (sulfide) groups is 1. The molecule has 5 nitrogen and oxygen atoms in total. The highest BCUT2D eigenvalue weighted by Gasteiger charge is 2.28. The summed E-state index contributed by atoms with van der Waals surface area (Å²) in [4.78, 5) is 20.5. The number of hydrogen-bond acceptors (Lipinski definition) is 5. The van der Waals surface area contributed by atoms with Crippen LogP contribution in [0.1, 0.15) is 13.8 Å². The van der Waals surface area contributed by atoms with Gasteiger partial charge in [-0.1, -0.05) is 32.0 Å². The van der Waals surface area contributed by atoms with Gasteiger partial charge in [0.25, 0.3) is 0 Å². The second-order valence-electron chi connectivity index (χ2n) is 5.24. The SMILES string of the molecule is CC(C)(CSc1nccnc1N)C(=O)Nc1ccccc1. The summed E-state index contributed by atoms with van der Waals surface area (Å²) in [5.74, 6) is 0.916. The van der Waals surface area contributed by atoms with Crippen LogP contribution in [0.5, 0.6) is 0 Å². The first-order valence-electron chi connectivity index (χ1n) is 6.55. The van der Waals surface area contributed by atoms with Gasteiger partial charge in [-0.15, -0.1) is 11.8 Å². The van der Waals surface area contributed by atoms with E-state index in [1.807, 2.05) is 44.2 Å². The first-order valence-corrected chi connectivity index (χ1v) is 7.53. The molecule has 0 saturated heterocycles. The van der Waals surface area contributed by atoms with E-state index in [1.165, 1.54) is 11.8 Å². The maximum Gasteiger partial charge on any atom is 0.230 e. The highest BCUT2D eigenvalue weighted by atomic mass is 32.2. The van der Waals surface area contributed by atoms with Crippen molar-refractivity contribution in [2.75, 3.05) is 16.8 Å². The Labute approximate surface area is 128 Å². The Morgan fingerprint density at radius 1 is 1.24 bits per heavy atom. The van der Waals surface area contributed by atoms with Crippen molar-refractivity contribution in [1.29, 1.82) is 0 Å². The number of rotatable bonds is 5. The van der Waals surface area contributed by atoms with Gasteiger partial charge < -0.3 is 11.1 Å². The Bertz CT molecular complexity index is 616. The van der Waals surface area contributed by atoms with Crippen molar-refractivity contribution in [1.82, 2.24) is 9.97 Å². The lowest BCUT2D eigenvalue weighted by molar-refractivity contribution is -0.122. The highest BCUT2D eigenvalue weighted by molar-refractivity contribution is 7.99. The van der Waals surface area contributed by atoms with Gasteiger partial charge in [0, 0.05) is 23.8 Å². The lowest BCUT2D eigenvalue weighted by Gasteiger charge is -2.23. The summed E-state index contributed by atoms with van der Waals surface area (Å²) >= 11 is 1.43. The average molecular weight is 302 g/mol. The van der Waals surface area contributed by atoms with Crippen LogP contribution in [0, 0.1) is 5.41 Å². The van der Waals surface area contributed by atoms with Crippen molar-refractivity contribution in [3.05, 3.63) is 42.7 Å². The quantitative estimate of drug-likeness (QED) is 0.830. The zero-order valence-electron chi connectivity index (χ0n) is 12.0. The standard InChI is InChI=1S/C15H18N4OS/c1-15(2,10-21-13-12(16)17-8-9-18-13)14(20)19-11-6-4-3-5-7-11/h3-9H,10H2,1-2H3,(H2,16,17)(H,19,20). The molecule has 0 fully saturated rings. The number of nitrogen functional groups attached to an aromatic ring is 1. The van der Waals surface area contributed by atoms with Crippen LogP contribution in [-0.4, -0.2) is 21.6 Å². The molecule has 0 saturated carbocycles. The predicted octanol–water partition coefficient (Wildman–Crippen LogP) is 2.82. The van der Waals surface area contributed by atoms with Crippen LogP contribution in [0.25, 0.3) is 0 Å². The molecule has 1 heterocycles. The van der Waals surface area contributed by atoms with Gasteiger partial charge in [-0.2, -0.15) is 0 Å². The minimum absolute atomic E-state index is 0.0383. The third-order valence-corrected chi connectivity index (χ3v) is 4.36. The summed E-state index contributed by atoms with van der Waals surface area (Å²) in [6, 6.07) is 9.41. The van der Waals surface area contributed by atoms with E-state index in [4.69, 9.17) is 5.73 Å². The first-order chi connectivity index (χ1) is 9.99. The van der Waals surface area contributed by atoms with Crippen molar-refractivity contribution >= 4 is 29.2 Å². The molecule has 2 rings (SSSR count). The fourth-order valence-electron chi connectivity index (χ4n) is 1.58. The third-order valence-electron chi connectivity index (χ3n) is 2.91. The fraction of sp³-hybridized carbons (Fsp3) is 0.267. The van der Waals surface area contributed by atoms with Crippen molar-refractivity contribution in [3.8, 4) is 0 Å². The molecule has 1 aromatic carbocycles. The number of carbonyl (C=O) groups is 1. The van der Waals surface area contributed by atoms with E-state index >= 15 is 0 Å². The Morgan fingerprint density at radius 3 is 2.57 bits per heavy atom. The number of para-hydroxylation sites is 1. The molecule has 0 aliphatic rings. The zero-order chi connectivity index (χ0) is 15.3. The van der Waals surface area contributed by atoms with Crippen LogP contribution >= 0.6 is 11.8 Å². The molecule has 0 unspecified atom stereocenters. The number of amides is 1. The van der Waals surface area contributed by atoms with Gasteiger partial charge in [-0.25, -0.2) is 9.97 Å². The molecule has 0 bridgehead atoms. The van der Waals surface area contributed by atoms with Gasteiger partial charge in [0.1, 0.15) is 5.03 Å². The van der Waals surface area contributed by atoms with Gasteiger partial charge in [-0.3, -0.25) is 4.79 Å². The number of carbonyl (C=O) groups excluding carboxylic acids is 1. The molecule has 0 aliphatic carbocycles. The van der Waals surface area contributed by atoms with Crippen LogP contribution in [0.4, 0.5) is 11.5 Å². The average Bonchev–Trinajstić information content (AvgIpc) is 2.47. The Morgan fingerprint density at radius 2 is 1.90 bits per heavy atom. The normalized spacial score (nSPS) is 11.1. The Kier molecular flexibility index (Phi) is 4.80. The molecular formula is C15H18N4OS. The third kappa shape index (κ3) is 4.19. The topological polar surface area (TPSA) is 80.9 Å². The second kappa shape index (κ2) is 6.58. The summed E-state index contributed by atoms with van der Waals surface area (Å²) in [6.07, 6.45) is 3.14. The molecule has 21 heavy (non-hydrogen) atoms. The second-order valence-corrected chi connectivity index (χ2v) is 6.20. The van der Waals surface area contributed by atoms with Crippen LogP contribution in [0.15, 0.2) is 47.8 Å². The summed E-state index contributed by atoms with van der Waals surface area (Å²) in [5.41, 5.74) is 5.99. The lowest BCUT2D eigenvalue weighted by Crippen LogP contribution is -2.33. The van der Waals surface area contributed by atoms with Crippen LogP contribution in [0.2, 0.25) is 0 Å². The first kappa shape index (κ1) is 15.3. The number of nitrogens with one attached hydrogen (secondary N) is 1. The van der Waals surface area contributed by atoms with Crippen LogP contribution < -0.4 is 11.1 Å². The van der Waals surface area contributed by atoms with E-state index < -0.39 is 5.41 Å². The van der Waals surface area contributed by atoms with Crippen molar-refractivity contribution in [3.63, 3.8) is 0 Å². The van der Waals surface area contributed by atoms with Gasteiger partial charge in [0.15, 0.2) is 5.82 Å². The maximum absolute atomic E-state index is 12.3. The highest BCUT2D eigenvalue weighted by Crippen LogP contribution is 2.29. The Hall–Kier alpha value is -2.08. The van der Waals surface area contributed by atoms with E-state index in [9.17, 15) is 4.79 Å². The molecule has 110 valence electrons. The number of anilines is 2. The molecule has 0 spiro atoms. The van der Waals surface area contributed by atoms with E-state index in [0.29, 0.717) is 16.6 Å². The molecule has 6 heteroatoms. The van der Waals surface area contributed by atoms with Crippen LogP contribution in [-0.2, 0) is 4.79 Å². The van der Waals surface area contributed by atoms with Gasteiger partial charge in [-0.05, 0) is 12.1 Å². The molecule has 0 radical (unpaired) electrons. The summed E-state index contributed by atoms with van der Waals surface area (Å²) < 4.78 is 0. The maximum atomic E-state index is 12.3. The smallest absolute Gasteiger partial charge is 0.230 e. The summed E-state index contributed by atoms with van der Waals surface area (Å²) in [6.45, 7) is 3.79. The number of nitrogens with two attached hydrogens (primary N) is 1. The van der Waals surface area contributed by atoms with Crippen molar-refractivity contribution in [2.24, 2.45) is 5.41 Å². The summed E-state index contributed by atoms with van der Waals surface area (Å²) in [7, 11) is 0. The number of aromatic nitrogens is 2. The largest absolute Gasteiger partial charge is 0.381 e. The van der Waals surface area contributed by atoms with Gasteiger partial charge >= 0.3 is 0 Å². The number of benzene rings is 1. The fourth-order valence-corrected chi connectivity index (χ4v) is 2.55. The molecular weight excluding hydrogens is 284 g/mol. The zero-order valence-corrected chi connectivity index (χ0v) is 12.9. The number of hydrogen-bond donors (Lipinski definition) is 2. The number of nitrogens with zero attached hydrogens (tertiary/aromatic N) is 2. The molecule has 1 amide bonds. The molecule has 3 N–H and O–H groups in total. The summed E-state index contributed by atoms with van der Waals surface area (Å²) in [5, 5.41) is 3.56. The van der Waals surface area contributed by atoms with Crippen LogP contribution in [0.3, 0.4) is 0 Å². The lowest BCUT2D eigenvalue weighted by atomic mass is 9.95. The van der Waals surface area contributed by atoms with Gasteiger partial charge in [0.2, 0.25) is 5.91 Å². The minimum atomic E-state index is -0.551. The molecule has 1 aromatic heterocycles. The van der Waals surface area contributed by atoms with Crippen molar-refractivity contribution in [2.45, 2.75) is 18.9 Å². The van der Waals surface area contributed by atoms with E-state index in [1.54, 1.807) is 12.4 Å². The molecule has 2 aromatic rings. The monoisotopic (exact) mass is 302 g/mol. The van der Waals surface area contributed by atoms with Crippen molar-refractivity contribution < 1.29 is 4.79 Å². The predicted molar refractivity (Wildman–Crippen MR) is 86.0 cm³/mol. The molecule has 0 aliphatic heterocycles. The Balaban J connectivity index is 1.98. The van der Waals surface area contributed by atoms with E-state index in [2.05, 4.69) is 15.3 Å². The van der Waals surface area contributed by atoms with Gasteiger partial charge in [0.05, 0.1) is 5.41 Å². The van der Waals surface area contributed by atoms with E-state index in [0.717, 1.165) is 5.69 Å².